The van der Waals surface area contributed by atoms with Crippen LogP contribution in [0.2, 0.25) is 10.0 Å². The molecule has 0 aliphatic carbocycles. The van der Waals surface area contributed by atoms with E-state index in [1.54, 1.807) is 0 Å². The first-order valence-electron chi connectivity index (χ1n) is 6.43. The molecule has 0 bridgehead atoms. The van der Waals surface area contributed by atoms with Crippen LogP contribution in [-0.2, 0) is 4.74 Å². The highest BCUT2D eigenvalue weighted by atomic mass is 35.5. The van der Waals surface area contributed by atoms with Gasteiger partial charge < -0.3 is 10.1 Å². The molecule has 1 N–H and O–H groups in total. The maximum absolute atomic E-state index is 6.32. The molecule has 1 saturated heterocycles. The van der Waals surface area contributed by atoms with E-state index in [1.165, 1.54) is 0 Å². The van der Waals surface area contributed by atoms with Crippen molar-refractivity contribution in [3.8, 4) is 0 Å². The Morgan fingerprint density at radius 2 is 2.22 bits per heavy atom. The summed E-state index contributed by atoms with van der Waals surface area (Å²) in [5.74, 6) is 0.462. The molecule has 100 valence electrons. The molecule has 1 heterocycles. The predicted octanol–water partition coefficient (Wildman–Crippen LogP) is 4.07. The van der Waals surface area contributed by atoms with Gasteiger partial charge in [0.15, 0.2) is 0 Å². The van der Waals surface area contributed by atoms with Gasteiger partial charge in [0, 0.05) is 28.6 Å². The Labute approximate surface area is 119 Å². The fourth-order valence-electron chi connectivity index (χ4n) is 2.65. The molecule has 1 aliphatic rings. The molecule has 3 unspecified atom stereocenters. The molecule has 2 nitrogen and oxygen atoms in total. The summed E-state index contributed by atoms with van der Waals surface area (Å²) in [6.07, 6.45) is 1.33. The van der Waals surface area contributed by atoms with Gasteiger partial charge in [0.2, 0.25) is 0 Å². The van der Waals surface area contributed by atoms with Gasteiger partial charge in [0.1, 0.15) is 0 Å². The zero-order valence-corrected chi connectivity index (χ0v) is 12.3. The van der Waals surface area contributed by atoms with Crippen LogP contribution >= 0.6 is 23.2 Å². The molecule has 0 radical (unpaired) electrons. The van der Waals surface area contributed by atoms with Crippen molar-refractivity contribution in [2.24, 2.45) is 5.92 Å². The lowest BCUT2D eigenvalue weighted by Gasteiger charge is -2.27. The molecule has 2 rings (SSSR count). The monoisotopic (exact) mass is 287 g/mol. The van der Waals surface area contributed by atoms with E-state index in [-0.39, 0.29) is 12.1 Å². The van der Waals surface area contributed by atoms with E-state index < -0.39 is 0 Å². The minimum Gasteiger partial charge on any atom is -0.378 e. The Bertz CT molecular complexity index is 411. The van der Waals surface area contributed by atoms with Crippen LogP contribution in [0.15, 0.2) is 18.2 Å². The van der Waals surface area contributed by atoms with Crippen LogP contribution < -0.4 is 5.32 Å². The van der Waals surface area contributed by atoms with Gasteiger partial charge in [-0.05, 0) is 37.6 Å². The molecule has 3 atom stereocenters. The van der Waals surface area contributed by atoms with Crippen LogP contribution in [0.4, 0.5) is 0 Å². The predicted molar refractivity (Wildman–Crippen MR) is 76.4 cm³/mol. The molecule has 0 amide bonds. The number of nitrogens with one attached hydrogen (secondary N) is 1. The molecule has 1 fully saturated rings. The van der Waals surface area contributed by atoms with Gasteiger partial charge in [-0.3, -0.25) is 0 Å². The first-order chi connectivity index (χ1) is 8.63. The summed E-state index contributed by atoms with van der Waals surface area (Å²) < 4.78 is 5.67. The largest absolute Gasteiger partial charge is 0.378 e. The number of rotatable bonds is 4. The summed E-state index contributed by atoms with van der Waals surface area (Å²) >= 11 is 12.3. The Hall–Kier alpha value is -0.280. The topological polar surface area (TPSA) is 21.3 Å². The maximum Gasteiger partial charge on any atom is 0.0594 e. The Kier molecular flexibility index (Phi) is 4.91. The molecule has 1 aromatic rings. The smallest absolute Gasteiger partial charge is 0.0594 e. The van der Waals surface area contributed by atoms with Crippen LogP contribution in [0.3, 0.4) is 0 Å². The average Bonchev–Trinajstić information content (AvgIpc) is 2.73. The molecular weight excluding hydrogens is 269 g/mol. The Balaban J connectivity index is 2.28. The maximum atomic E-state index is 6.32. The molecule has 4 heteroatoms. The van der Waals surface area contributed by atoms with Crippen molar-refractivity contribution in [3.63, 3.8) is 0 Å². The highest BCUT2D eigenvalue weighted by molar-refractivity contribution is 6.35. The fraction of sp³-hybridized carbons (Fsp3) is 0.571. The molecular formula is C14H19Cl2NO. The second-order valence-corrected chi connectivity index (χ2v) is 5.57. The van der Waals surface area contributed by atoms with Crippen molar-refractivity contribution in [1.29, 1.82) is 0 Å². The zero-order valence-electron chi connectivity index (χ0n) is 10.7. The number of hydrogen-bond acceptors (Lipinski definition) is 2. The highest BCUT2D eigenvalue weighted by Gasteiger charge is 2.33. The molecule has 1 aromatic carbocycles. The third-order valence-electron chi connectivity index (χ3n) is 3.58. The molecule has 18 heavy (non-hydrogen) atoms. The Morgan fingerprint density at radius 1 is 1.44 bits per heavy atom. The van der Waals surface area contributed by atoms with E-state index in [2.05, 4.69) is 19.2 Å². The summed E-state index contributed by atoms with van der Waals surface area (Å²) in [5, 5.41) is 4.93. The van der Waals surface area contributed by atoms with E-state index >= 15 is 0 Å². The minimum absolute atomic E-state index is 0.234. The quantitative estimate of drug-likeness (QED) is 0.901. The van der Waals surface area contributed by atoms with Gasteiger partial charge in [-0.25, -0.2) is 0 Å². The second-order valence-electron chi connectivity index (χ2n) is 4.73. The standard InChI is InChI=1S/C14H19Cl2NO/c1-3-17-14(11-6-7-18-9(11)2)12-5-4-10(15)8-13(12)16/h4-5,8-9,11,14,17H,3,6-7H2,1-2H3. The van der Waals surface area contributed by atoms with Crippen molar-refractivity contribution in [3.05, 3.63) is 33.8 Å². The van der Waals surface area contributed by atoms with Crippen molar-refractivity contribution < 1.29 is 4.74 Å². The van der Waals surface area contributed by atoms with Crippen LogP contribution in [0.25, 0.3) is 0 Å². The summed E-state index contributed by atoms with van der Waals surface area (Å²) in [7, 11) is 0. The highest BCUT2D eigenvalue weighted by Crippen LogP contribution is 2.37. The van der Waals surface area contributed by atoms with Crippen molar-refractivity contribution in [2.75, 3.05) is 13.2 Å². The number of halogens is 2. The van der Waals surface area contributed by atoms with E-state index in [0.717, 1.165) is 30.2 Å². The van der Waals surface area contributed by atoms with E-state index in [4.69, 9.17) is 27.9 Å². The van der Waals surface area contributed by atoms with Gasteiger partial charge in [-0.15, -0.1) is 0 Å². The average molecular weight is 288 g/mol. The summed E-state index contributed by atoms with van der Waals surface area (Å²) in [4.78, 5) is 0. The van der Waals surface area contributed by atoms with Crippen molar-refractivity contribution in [2.45, 2.75) is 32.4 Å². The second kappa shape index (κ2) is 6.25. The lowest BCUT2D eigenvalue weighted by Crippen LogP contribution is -2.32. The summed E-state index contributed by atoms with van der Waals surface area (Å²) in [6.45, 7) is 5.98. The zero-order chi connectivity index (χ0) is 13.1. The van der Waals surface area contributed by atoms with E-state index in [9.17, 15) is 0 Å². The van der Waals surface area contributed by atoms with Crippen LogP contribution in [0.5, 0.6) is 0 Å². The molecule has 0 saturated carbocycles. The van der Waals surface area contributed by atoms with E-state index in [1.807, 2.05) is 18.2 Å². The summed E-state index contributed by atoms with van der Waals surface area (Å²) in [5.41, 5.74) is 1.12. The normalized spacial score (nSPS) is 25.3. The fourth-order valence-corrected chi connectivity index (χ4v) is 3.18. The first-order valence-corrected chi connectivity index (χ1v) is 7.19. The third-order valence-corrected chi connectivity index (χ3v) is 4.15. The van der Waals surface area contributed by atoms with Gasteiger partial charge in [0.25, 0.3) is 0 Å². The van der Waals surface area contributed by atoms with Crippen molar-refractivity contribution in [1.82, 2.24) is 5.32 Å². The number of benzene rings is 1. The van der Waals surface area contributed by atoms with Gasteiger partial charge in [0.05, 0.1) is 6.10 Å². The number of hydrogen-bond donors (Lipinski definition) is 1. The van der Waals surface area contributed by atoms with E-state index in [0.29, 0.717) is 10.9 Å². The van der Waals surface area contributed by atoms with Crippen LogP contribution in [0.1, 0.15) is 31.9 Å². The molecule has 0 aromatic heterocycles. The van der Waals surface area contributed by atoms with Crippen molar-refractivity contribution >= 4 is 23.2 Å². The molecule has 1 aliphatic heterocycles. The van der Waals surface area contributed by atoms with Gasteiger partial charge in [-0.1, -0.05) is 36.2 Å². The van der Waals surface area contributed by atoms with Crippen LogP contribution in [0, 0.1) is 5.92 Å². The SMILES string of the molecule is CCNC(c1ccc(Cl)cc1Cl)C1CCOC1C. The van der Waals surface area contributed by atoms with Crippen LogP contribution in [-0.4, -0.2) is 19.3 Å². The lowest BCUT2D eigenvalue weighted by atomic mass is 9.88. The molecule has 0 spiro atoms. The van der Waals surface area contributed by atoms with Gasteiger partial charge >= 0.3 is 0 Å². The number of ether oxygens (including phenoxy) is 1. The third kappa shape index (κ3) is 3.00. The van der Waals surface area contributed by atoms with Gasteiger partial charge in [-0.2, -0.15) is 0 Å². The summed E-state index contributed by atoms with van der Waals surface area (Å²) in [6, 6.07) is 5.96. The first kappa shape index (κ1) is 14.1. The lowest BCUT2D eigenvalue weighted by molar-refractivity contribution is 0.0956. The minimum atomic E-state index is 0.234. The Morgan fingerprint density at radius 3 is 2.78 bits per heavy atom.